The molecule has 0 spiro atoms. The lowest BCUT2D eigenvalue weighted by Gasteiger charge is -2.23. The lowest BCUT2D eigenvalue weighted by atomic mass is 9.83. The second-order valence-electron chi connectivity index (χ2n) is 17.5. The van der Waals surface area contributed by atoms with Crippen LogP contribution in [0.1, 0.15) is 39.7 Å². The van der Waals surface area contributed by atoms with E-state index in [1.807, 2.05) is 11.3 Å². The monoisotopic (exact) mass is 792 g/mol. The summed E-state index contributed by atoms with van der Waals surface area (Å²) in [4.78, 5) is 0. The lowest BCUT2D eigenvalue weighted by Crippen LogP contribution is -2.14. The molecule has 0 fully saturated rings. The molecule has 11 rings (SSSR count). The van der Waals surface area contributed by atoms with E-state index in [4.69, 9.17) is 0 Å². The molecule has 0 N–H and O–H groups in total. The van der Waals surface area contributed by atoms with Crippen molar-refractivity contribution < 1.29 is 0 Å². The third-order valence-corrected chi connectivity index (χ3v) is 14.0. The number of thiophene rings is 1. The maximum absolute atomic E-state index is 2.47. The molecule has 3 heteroatoms. The van der Waals surface area contributed by atoms with E-state index in [0.29, 0.717) is 17.8 Å². The van der Waals surface area contributed by atoms with Crippen LogP contribution in [-0.2, 0) is 6.42 Å². The third-order valence-electron chi connectivity index (χ3n) is 12.9. The van der Waals surface area contributed by atoms with E-state index >= 15 is 0 Å². The van der Waals surface area contributed by atoms with Crippen LogP contribution >= 0.6 is 11.3 Å². The molecule has 60 heavy (non-hydrogen) atoms. The van der Waals surface area contributed by atoms with Crippen molar-refractivity contribution in [1.82, 2.24) is 9.13 Å². The number of hydrogen-bond acceptors (Lipinski definition) is 1. The van der Waals surface area contributed by atoms with Crippen molar-refractivity contribution in [1.29, 1.82) is 0 Å². The molecule has 0 aliphatic carbocycles. The van der Waals surface area contributed by atoms with Gasteiger partial charge in [0, 0.05) is 53.1 Å². The van der Waals surface area contributed by atoms with Crippen LogP contribution in [-0.4, -0.2) is 9.13 Å². The fourth-order valence-electron chi connectivity index (χ4n) is 9.91. The van der Waals surface area contributed by atoms with Gasteiger partial charge in [0.2, 0.25) is 0 Å². The van der Waals surface area contributed by atoms with Crippen molar-refractivity contribution in [3.63, 3.8) is 0 Å². The van der Waals surface area contributed by atoms with Gasteiger partial charge in [-0.1, -0.05) is 125 Å². The molecule has 1 unspecified atom stereocenters. The van der Waals surface area contributed by atoms with E-state index in [1.165, 1.54) is 109 Å². The zero-order valence-corrected chi connectivity index (χ0v) is 35.5. The Labute approximate surface area is 356 Å². The van der Waals surface area contributed by atoms with Crippen molar-refractivity contribution >= 4 is 75.1 Å². The molecule has 0 bridgehead atoms. The molecule has 0 saturated heterocycles. The highest BCUT2D eigenvalue weighted by Crippen LogP contribution is 2.41. The van der Waals surface area contributed by atoms with Gasteiger partial charge in [0.1, 0.15) is 0 Å². The van der Waals surface area contributed by atoms with Gasteiger partial charge in [-0.05, 0) is 137 Å². The van der Waals surface area contributed by atoms with E-state index in [2.05, 4.69) is 213 Å². The Balaban J connectivity index is 0.976. The molecule has 1 atom stereocenters. The van der Waals surface area contributed by atoms with Crippen molar-refractivity contribution in [3.05, 3.63) is 181 Å². The highest BCUT2D eigenvalue weighted by Gasteiger charge is 2.19. The number of para-hydroxylation sites is 3. The summed E-state index contributed by atoms with van der Waals surface area (Å²) >= 11 is 1.88. The van der Waals surface area contributed by atoms with Gasteiger partial charge in [-0.3, -0.25) is 0 Å². The maximum Gasteiger partial charge on any atom is 0.0541 e. The van der Waals surface area contributed by atoms with E-state index in [9.17, 15) is 0 Å². The van der Waals surface area contributed by atoms with Crippen LogP contribution in [0.5, 0.6) is 0 Å². The quantitative estimate of drug-likeness (QED) is 0.138. The molecule has 0 aliphatic heterocycles. The molecule has 3 heterocycles. The average molecular weight is 793 g/mol. The van der Waals surface area contributed by atoms with E-state index in [1.54, 1.807) is 0 Å². The molecule has 11 aromatic rings. The Morgan fingerprint density at radius 1 is 0.400 bits per heavy atom. The molecule has 292 valence electrons. The molecule has 0 saturated carbocycles. The second kappa shape index (κ2) is 14.7. The first-order valence-corrected chi connectivity index (χ1v) is 22.4. The summed E-state index contributed by atoms with van der Waals surface area (Å²) in [5.41, 5.74) is 13.7. The number of aromatic nitrogens is 2. The van der Waals surface area contributed by atoms with Gasteiger partial charge in [0.25, 0.3) is 0 Å². The number of fused-ring (bicyclic) bond motifs is 9. The molecule has 0 aliphatic rings. The highest BCUT2D eigenvalue weighted by molar-refractivity contribution is 7.25. The number of hydrogen-bond donors (Lipinski definition) is 0. The lowest BCUT2D eigenvalue weighted by molar-refractivity contribution is 0.315. The Morgan fingerprint density at radius 2 is 0.867 bits per heavy atom. The van der Waals surface area contributed by atoms with Crippen molar-refractivity contribution in [2.75, 3.05) is 0 Å². The minimum absolute atomic E-state index is 0.659. The first kappa shape index (κ1) is 36.6. The van der Waals surface area contributed by atoms with Crippen molar-refractivity contribution in [2.24, 2.45) is 17.8 Å². The summed E-state index contributed by atoms with van der Waals surface area (Å²) in [6, 6.07) is 65.8. The standard InChI is InChI=1S/C57H48N2S/c1-36(2)29-43(37(3)4)30-38-13-11-15-44(31-38)58-54-22-10-7-19-48(54)49-33-40(23-26-55(49)58)42-25-28-57-51(35-42)50-34-41(24-27-56(50)60-57)39-14-12-16-45(32-39)59-52-20-8-5-17-46(52)47-18-6-9-21-53(47)59/h5-28,31-37,43H,29-30H2,1-4H3. The smallest absolute Gasteiger partial charge is 0.0541 e. The summed E-state index contributed by atoms with van der Waals surface area (Å²) in [5, 5.41) is 7.75. The first-order chi connectivity index (χ1) is 29.4. The normalized spacial score (nSPS) is 12.7. The molecule has 3 aromatic heterocycles. The second-order valence-corrected chi connectivity index (χ2v) is 18.6. The SMILES string of the molecule is CC(C)CC(Cc1cccc(-n2c3ccccc3c3cc(-c4ccc5sc6ccc(-c7cccc(-n8c9ccccc9c9ccccc98)c7)cc6c5c4)ccc32)c1)C(C)C. The molecule has 8 aromatic carbocycles. The number of rotatable bonds is 9. The van der Waals surface area contributed by atoms with Gasteiger partial charge in [-0.25, -0.2) is 0 Å². The van der Waals surface area contributed by atoms with E-state index in [-0.39, 0.29) is 0 Å². The Kier molecular flexibility index (Phi) is 8.97. The van der Waals surface area contributed by atoms with Crippen LogP contribution in [0.15, 0.2) is 176 Å². The van der Waals surface area contributed by atoms with Crippen LogP contribution in [0.3, 0.4) is 0 Å². The zero-order chi connectivity index (χ0) is 40.5. The number of benzene rings is 8. The Morgan fingerprint density at radius 3 is 1.43 bits per heavy atom. The zero-order valence-electron chi connectivity index (χ0n) is 34.7. The Hall–Kier alpha value is -6.42. The summed E-state index contributed by atoms with van der Waals surface area (Å²) < 4.78 is 7.50. The van der Waals surface area contributed by atoms with Gasteiger partial charge in [-0.15, -0.1) is 11.3 Å². The van der Waals surface area contributed by atoms with E-state index < -0.39 is 0 Å². The molecular formula is C57H48N2S. The first-order valence-electron chi connectivity index (χ1n) is 21.6. The Bertz CT molecular complexity index is 3350. The predicted molar refractivity (Wildman–Crippen MR) is 260 cm³/mol. The summed E-state index contributed by atoms with van der Waals surface area (Å²) in [6.07, 6.45) is 2.37. The molecular weight excluding hydrogens is 745 g/mol. The predicted octanol–water partition coefficient (Wildman–Crippen LogP) is 16.4. The molecule has 2 nitrogen and oxygen atoms in total. The van der Waals surface area contributed by atoms with E-state index in [0.717, 1.165) is 6.42 Å². The maximum atomic E-state index is 2.47. The molecule has 0 amide bonds. The largest absolute Gasteiger partial charge is 0.309 e. The number of nitrogens with zero attached hydrogens (tertiary/aromatic N) is 2. The van der Waals surface area contributed by atoms with Crippen LogP contribution < -0.4 is 0 Å². The fourth-order valence-corrected chi connectivity index (χ4v) is 11.0. The van der Waals surface area contributed by atoms with Crippen molar-refractivity contribution in [2.45, 2.75) is 40.5 Å². The van der Waals surface area contributed by atoms with Gasteiger partial charge in [0.15, 0.2) is 0 Å². The minimum atomic E-state index is 0.659. The fraction of sp³-hybridized carbons (Fsp3) is 0.158. The third kappa shape index (κ3) is 6.23. The summed E-state index contributed by atoms with van der Waals surface area (Å²) in [6.45, 7) is 9.46. The van der Waals surface area contributed by atoms with Crippen LogP contribution in [0.4, 0.5) is 0 Å². The average Bonchev–Trinajstić information content (AvgIpc) is 3.93. The minimum Gasteiger partial charge on any atom is -0.309 e. The van der Waals surface area contributed by atoms with Gasteiger partial charge < -0.3 is 9.13 Å². The van der Waals surface area contributed by atoms with Crippen LogP contribution in [0.25, 0.3) is 97.4 Å². The molecule has 0 radical (unpaired) electrons. The summed E-state index contributed by atoms with van der Waals surface area (Å²) in [7, 11) is 0. The van der Waals surface area contributed by atoms with Gasteiger partial charge in [-0.2, -0.15) is 0 Å². The van der Waals surface area contributed by atoms with Gasteiger partial charge in [0.05, 0.1) is 22.1 Å². The van der Waals surface area contributed by atoms with Crippen molar-refractivity contribution in [3.8, 4) is 33.6 Å². The van der Waals surface area contributed by atoms with Crippen LogP contribution in [0.2, 0.25) is 0 Å². The van der Waals surface area contributed by atoms with Crippen LogP contribution in [0, 0.1) is 17.8 Å². The highest BCUT2D eigenvalue weighted by atomic mass is 32.1. The summed E-state index contributed by atoms with van der Waals surface area (Å²) in [5.74, 6) is 2.03. The van der Waals surface area contributed by atoms with Gasteiger partial charge >= 0.3 is 0 Å². The topological polar surface area (TPSA) is 9.86 Å².